The fraction of sp³-hybridized carbons (Fsp3) is 0.0714. The molecule has 0 aromatic carbocycles. The molecule has 0 fully saturated rings. The van der Waals surface area contributed by atoms with E-state index in [4.69, 9.17) is 13.3 Å². The Balaban J connectivity index is 1.63. The van der Waals surface area contributed by atoms with Crippen LogP contribution >= 0.6 is 0 Å². The van der Waals surface area contributed by atoms with E-state index < -0.39 is 0 Å². The van der Waals surface area contributed by atoms with Gasteiger partial charge in [0.2, 0.25) is 0 Å². The first-order valence-corrected chi connectivity index (χ1v) is 5.77. The third kappa shape index (κ3) is 2.44. The molecule has 0 saturated heterocycles. The number of amides is 1. The van der Waals surface area contributed by atoms with E-state index in [-0.39, 0.29) is 11.7 Å². The third-order valence-electron chi connectivity index (χ3n) is 2.59. The van der Waals surface area contributed by atoms with Crippen LogP contribution in [0.25, 0.3) is 11.5 Å². The van der Waals surface area contributed by atoms with Gasteiger partial charge in [-0.05, 0) is 36.4 Å². The second-order valence-electron chi connectivity index (χ2n) is 3.90. The average Bonchev–Trinajstić information content (AvgIpc) is 3.14. The molecule has 0 spiro atoms. The molecule has 0 atom stereocenters. The van der Waals surface area contributed by atoms with Gasteiger partial charge in [0.25, 0.3) is 5.91 Å². The highest BCUT2D eigenvalue weighted by atomic mass is 16.4. The van der Waals surface area contributed by atoms with Gasteiger partial charge in [0, 0.05) is 0 Å². The van der Waals surface area contributed by atoms with Crippen molar-refractivity contribution in [3.63, 3.8) is 0 Å². The molecular weight excluding hydrogens is 246 g/mol. The molecule has 3 rings (SSSR count). The van der Waals surface area contributed by atoms with Crippen molar-refractivity contribution in [1.29, 1.82) is 0 Å². The molecule has 0 saturated carbocycles. The maximum atomic E-state index is 11.6. The predicted octanol–water partition coefficient (Wildman–Crippen LogP) is 3.06. The first-order valence-electron chi connectivity index (χ1n) is 5.77. The summed E-state index contributed by atoms with van der Waals surface area (Å²) >= 11 is 0. The number of carbonyl (C=O) groups is 1. The Morgan fingerprint density at radius 1 is 1.00 bits per heavy atom. The number of furan rings is 3. The van der Waals surface area contributed by atoms with Crippen molar-refractivity contribution < 1.29 is 18.0 Å². The normalized spacial score (nSPS) is 10.5. The van der Waals surface area contributed by atoms with Crippen molar-refractivity contribution in [2.45, 2.75) is 6.54 Å². The van der Waals surface area contributed by atoms with Crippen molar-refractivity contribution in [2.24, 2.45) is 0 Å². The van der Waals surface area contributed by atoms with Gasteiger partial charge in [0.1, 0.15) is 5.76 Å². The van der Waals surface area contributed by atoms with Gasteiger partial charge >= 0.3 is 0 Å². The van der Waals surface area contributed by atoms with Gasteiger partial charge in [-0.25, -0.2) is 0 Å². The average molecular weight is 257 g/mol. The van der Waals surface area contributed by atoms with Crippen LogP contribution in [0.5, 0.6) is 0 Å². The van der Waals surface area contributed by atoms with Crippen LogP contribution in [0.1, 0.15) is 16.3 Å². The summed E-state index contributed by atoms with van der Waals surface area (Å²) in [6.45, 7) is 0.292. The van der Waals surface area contributed by atoms with Crippen LogP contribution in [-0.2, 0) is 6.54 Å². The minimum absolute atomic E-state index is 0.276. The Bertz CT molecular complexity index is 650. The van der Waals surface area contributed by atoms with Gasteiger partial charge in [0.15, 0.2) is 17.3 Å². The smallest absolute Gasteiger partial charge is 0.287 e. The highest BCUT2D eigenvalue weighted by Crippen LogP contribution is 2.22. The molecule has 0 aliphatic heterocycles. The molecule has 1 amide bonds. The van der Waals surface area contributed by atoms with E-state index >= 15 is 0 Å². The molecular formula is C14H11NO4. The van der Waals surface area contributed by atoms with Crippen LogP contribution in [-0.4, -0.2) is 5.91 Å². The summed E-state index contributed by atoms with van der Waals surface area (Å²) in [6, 6.07) is 10.5. The minimum Gasteiger partial charge on any atom is -0.461 e. The molecule has 96 valence electrons. The van der Waals surface area contributed by atoms with Crippen LogP contribution in [0, 0.1) is 0 Å². The Labute approximate surface area is 108 Å². The van der Waals surface area contributed by atoms with Crippen molar-refractivity contribution in [3.05, 3.63) is 60.4 Å². The van der Waals surface area contributed by atoms with Crippen LogP contribution in [0.15, 0.2) is 62.2 Å². The molecule has 0 unspecified atom stereocenters. The van der Waals surface area contributed by atoms with Crippen molar-refractivity contribution >= 4 is 5.91 Å². The van der Waals surface area contributed by atoms with Crippen LogP contribution < -0.4 is 5.32 Å². The van der Waals surface area contributed by atoms with Crippen molar-refractivity contribution in [3.8, 4) is 11.5 Å². The molecule has 0 aliphatic carbocycles. The highest BCUT2D eigenvalue weighted by Gasteiger charge is 2.10. The molecule has 5 heteroatoms. The Morgan fingerprint density at radius 2 is 1.84 bits per heavy atom. The number of rotatable bonds is 4. The van der Waals surface area contributed by atoms with Gasteiger partial charge in [0.05, 0.1) is 19.1 Å². The predicted molar refractivity (Wildman–Crippen MR) is 66.3 cm³/mol. The van der Waals surface area contributed by atoms with Crippen LogP contribution in [0.4, 0.5) is 0 Å². The van der Waals surface area contributed by atoms with E-state index in [0.717, 1.165) is 0 Å². The maximum Gasteiger partial charge on any atom is 0.287 e. The molecule has 3 heterocycles. The lowest BCUT2D eigenvalue weighted by atomic mass is 10.3. The molecule has 0 radical (unpaired) electrons. The van der Waals surface area contributed by atoms with E-state index in [9.17, 15) is 4.79 Å². The first-order chi connectivity index (χ1) is 9.33. The second-order valence-corrected chi connectivity index (χ2v) is 3.90. The Morgan fingerprint density at radius 3 is 2.58 bits per heavy atom. The monoisotopic (exact) mass is 257 g/mol. The number of carbonyl (C=O) groups excluding carboxylic acids is 1. The topological polar surface area (TPSA) is 68.5 Å². The zero-order valence-corrected chi connectivity index (χ0v) is 9.96. The highest BCUT2D eigenvalue weighted by molar-refractivity contribution is 5.91. The minimum atomic E-state index is -0.277. The van der Waals surface area contributed by atoms with E-state index in [1.165, 1.54) is 6.26 Å². The first kappa shape index (κ1) is 11.4. The van der Waals surface area contributed by atoms with Gasteiger partial charge in [-0.2, -0.15) is 0 Å². The van der Waals surface area contributed by atoms with Crippen molar-refractivity contribution in [2.75, 3.05) is 0 Å². The van der Waals surface area contributed by atoms with E-state index in [0.29, 0.717) is 23.8 Å². The Hall–Kier alpha value is -2.69. The molecule has 5 nitrogen and oxygen atoms in total. The zero-order chi connectivity index (χ0) is 13.1. The largest absolute Gasteiger partial charge is 0.461 e. The molecule has 3 aromatic rings. The van der Waals surface area contributed by atoms with E-state index in [1.54, 1.807) is 36.6 Å². The molecule has 0 bridgehead atoms. The van der Waals surface area contributed by atoms with E-state index in [2.05, 4.69) is 5.32 Å². The summed E-state index contributed by atoms with van der Waals surface area (Å²) in [5.41, 5.74) is 0. The lowest BCUT2D eigenvalue weighted by Gasteiger charge is -1.99. The fourth-order valence-corrected chi connectivity index (χ4v) is 1.69. The molecule has 0 aliphatic rings. The quantitative estimate of drug-likeness (QED) is 0.779. The second kappa shape index (κ2) is 4.89. The van der Waals surface area contributed by atoms with E-state index in [1.807, 2.05) is 6.07 Å². The number of nitrogens with one attached hydrogen (secondary N) is 1. The standard InChI is InChI=1S/C14H11NO4/c16-14(13-4-2-8-18-13)15-9-10-5-6-12(19-10)11-3-1-7-17-11/h1-8H,9H2,(H,15,16). The molecule has 19 heavy (non-hydrogen) atoms. The number of hydrogen-bond donors (Lipinski definition) is 1. The summed E-state index contributed by atoms with van der Waals surface area (Å²) in [4.78, 5) is 11.6. The molecule has 1 N–H and O–H groups in total. The lowest BCUT2D eigenvalue weighted by molar-refractivity contribution is 0.0920. The third-order valence-corrected chi connectivity index (χ3v) is 2.59. The summed E-state index contributed by atoms with van der Waals surface area (Å²) in [5.74, 6) is 1.93. The van der Waals surface area contributed by atoms with Crippen LogP contribution in [0.3, 0.4) is 0 Å². The summed E-state index contributed by atoms with van der Waals surface area (Å²) in [5, 5.41) is 2.70. The lowest BCUT2D eigenvalue weighted by Crippen LogP contribution is -2.21. The number of hydrogen-bond acceptors (Lipinski definition) is 4. The fourth-order valence-electron chi connectivity index (χ4n) is 1.69. The summed E-state index contributed by atoms with van der Waals surface area (Å²) in [7, 11) is 0. The van der Waals surface area contributed by atoms with Crippen molar-refractivity contribution in [1.82, 2.24) is 5.32 Å². The maximum absolute atomic E-state index is 11.6. The van der Waals surface area contributed by atoms with Crippen LogP contribution in [0.2, 0.25) is 0 Å². The summed E-state index contributed by atoms with van der Waals surface area (Å²) < 4.78 is 15.8. The Kier molecular flexibility index (Phi) is 2.94. The summed E-state index contributed by atoms with van der Waals surface area (Å²) in [6.07, 6.45) is 3.03. The van der Waals surface area contributed by atoms with Gasteiger partial charge in [-0.1, -0.05) is 0 Å². The van der Waals surface area contributed by atoms with Gasteiger partial charge in [-0.15, -0.1) is 0 Å². The SMILES string of the molecule is O=C(NCc1ccc(-c2ccco2)o1)c1ccco1. The zero-order valence-electron chi connectivity index (χ0n) is 9.96. The molecule has 3 aromatic heterocycles. The van der Waals surface area contributed by atoms with Gasteiger partial charge < -0.3 is 18.6 Å². The van der Waals surface area contributed by atoms with Gasteiger partial charge in [-0.3, -0.25) is 4.79 Å².